The van der Waals surface area contributed by atoms with E-state index in [1.807, 2.05) is 42.2 Å². The van der Waals surface area contributed by atoms with Gasteiger partial charge in [-0.2, -0.15) is 0 Å². The van der Waals surface area contributed by atoms with E-state index >= 15 is 0 Å². The van der Waals surface area contributed by atoms with Crippen LogP contribution in [0.1, 0.15) is 33.5 Å². The summed E-state index contributed by atoms with van der Waals surface area (Å²) in [7, 11) is 0. The van der Waals surface area contributed by atoms with E-state index in [2.05, 4.69) is 0 Å². The molecule has 1 unspecified atom stereocenters. The van der Waals surface area contributed by atoms with Crippen LogP contribution in [0.3, 0.4) is 0 Å². The van der Waals surface area contributed by atoms with E-state index in [4.69, 9.17) is 5.21 Å². The fourth-order valence-corrected chi connectivity index (χ4v) is 4.17. The van der Waals surface area contributed by atoms with Gasteiger partial charge in [0.25, 0.3) is 5.91 Å². The third-order valence-electron chi connectivity index (χ3n) is 5.52. The summed E-state index contributed by atoms with van der Waals surface area (Å²) in [4.78, 5) is 27.0. The number of rotatable bonds is 2. The number of carbonyl (C=O) groups excluding carboxylic acids is 2. The number of nitrogens with zero attached hydrogens (tertiary/aromatic N) is 1. The maximum absolute atomic E-state index is 13.2. The number of aryl methyl sites for hydroxylation is 1. The van der Waals surface area contributed by atoms with Gasteiger partial charge in [0.1, 0.15) is 0 Å². The summed E-state index contributed by atoms with van der Waals surface area (Å²) in [5, 5.41) is 8.97. The second kappa shape index (κ2) is 5.70. The number of amides is 2. The molecule has 128 valence electrons. The Morgan fingerprint density at radius 1 is 1.16 bits per heavy atom. The van der Waals surface area contributed by atoms with Crippen molar-refractivity contribution in [3.8, 4) is 0 Å². The molecule has 1 aliphatic heterocycles. The predicted octanol–water partition coefficient (Wildman–Crippen LogP) is 2.64. The normalized spacial score (nSPS) is 21.7. The first-order chi connectivity index (χ1) is 12.0. The minimum atomic E-state index is -0.519. The van der Waals surface area contributed by atoms with Crippen LogP contribution in [0.5, 0.6) is 0 Å². The Hall–Kier alpha value is -2.66. The molecule has 0 saturated carbocycles. The number of hydroxylamine groups is 1. The van der Waals surface area contributed by atoms with Crippen molar-refractivity contribution in [3.63, 3.8) is 0 Å². The summed E-state index contributed by atoms with van der Waals surface area (Å²) in [6.45, 7) is 2.72. The fraction of sp³-hybridized carbons (Fsp3) is 0.300. The highest BCUT2D eigenvalue weighted by Gasteiger charge is 2.51. The van der Waals surface area contributed by atoms with Crippen LogP contribution in [-0.2, 0) is 17.6 Å². The van der Waals surface area contributed by atoms with Gasteiger partial charge in [0.2, 0.25) is 5.91 Å². The first kappa shape index (κ1) is 15.8. The molecular formula is C20H20N2O3. The highest BCUT2D eigenvalue weighted by molar-refractivity contribution is 6.02. The van der Waals surface area contributed by atoms with Gasteiger partial charge in [-0.15, -0.1) is 0 Å². The van der Waals surface area contributed by atoms with E-state index in [-0.39, 0.29) is 5.91 Å². The van der Waals surface area contributed by atoms with Crippen LogP contribution in [-0.4, -0.2) is 23.6 Å². The zero-order chi connectivity index (χ0) is 17.6. The Kier molecular flexibility index (Phi) is 3.62. The molecule has 1 spiro atoms. The lowest BCUT2D eigenvalue weighted by atomic mass is 9.83. The molecule has 5 nitrogen and oxygen atoms in total. The van der Waals surface area contributed by atoms with E-state index in [0.717, 1.165) is 28.8 Å². The summed E-state index contributed by atoms with van der Waals surface area (Å²) in [6, 6.07) is 13.5. The first-order valence-corrected chi connectivity index (χ1v) is 8.48. The van der Waals surface area contributed by atoms with Crippen molar-refractivity contribution in [2.24, 2.45) is 5.41 Å². The molecule has 5 heteroatoms. The molecule has 1 aliphatic carbocycles. The molecule has 0 aromatic heterocycles. The molecule has 2 aliphatic rings. The first-order valence-electron chi connectivity index (χ1n) is 8.48. The maximum Gasteiger partial charge on any atom is 0.274 e. The number of carbonyl (C=O) groups is 2. The Morgan fingerprint density at radius 3 is 2.64 bits per heavy atom. The molecule has 4 rings (SSSR count). The van der Waals surface area contributed by atoms with E-state index in [1.54, 1.807) is 17.6 Å². The van der Waals surface area contributed by atoms with Crippen molar-refractivity contribution in [1.29, 1.82) is 0 Å². The summed E-state index contributed by atoms with van der Waals surface area (Å²) in [5.74, 6) is -0.391. The molecule has 1 atom stereocenters. The summed E-state index contributed by atoms with van der Waals surface area (Å²) < 4.78 is 0. The van der Waals surface area contributed by atoms with Crippen LogP contribution >= 0.6 is 0 Å². The van der Waals surface area contributed by atoms with Crippen molar-refractivity contribution in [2.75, 3.05) is 11.4 Å². The minimum absolute atomic E-state index is 0.128. The second-order valence-corrected chi connectivity index (χ2v) is 7.06. The van der Waals surface area contributed by atoms with Gasteiger partial charge >= 0.3 is 0 Å². The van der Waals surface area contributed by atoms with Gasteiger partial charge < -0.3 is 4.90 Å². The molecule has 2 aromatic carbocycles. The average Bonchev–Trinajstić information content (AvgIpc) is 3.16. The summed E-state index contributed by atoms with van der Waals surface area (Å²) in [5.41, 5.74) is 5.69. The number of hydrogen-bond donors (Lipinski definition) is 2. The predicted molar refractivity (Wildman–Crippen MR) is 93.7 cm³/mol. The van der Waals surface area contributed by atoms with Gasteiger partial charge in [0.15, 0.2) is 0 Å². The van der Waals surface area contributed by atoms with Gasteiger partial charge in [0.05, 0.1) is 5.41 Å². The van der Waals surface area contributed by atoms with Crippen LogP contribution in [0.2, 0.25) is 0 Å². The molecule has 1 fully saturated rings. The van der Waals surface area contributed by atoms with Crippen molar-refractivity contribution in [3.05, 3.63) is 64.7 Å². The van der Waals surface area contributed by atoms with Gasteiger partial charge in [-0.05, 0) is 55.5 Å². The van der Waals surface area contributed by atoms with E-state index in [1.165, 1.54) is 0 Å². The molecule has 0 radical (unpaired) electrons. The van der Waals surface area contributed by atoms with Gasteiger partial charge in [-0.3, -0.25) is 14.8 Å². The van der Waals surface area contributed by atoms with Gasteiger partial charge in [-0.1, -0.05) is 29.8 Å². The smallest absolute Gasteiger partial charge is 0.274 e. The average molecular weight is 336 g/mol. The van der Waals surface area contributed by atoms with Crippen molar-refractivity contribution < 1.29 is 14.8 Å². The van der Waals surface area contributed by atoms with Crippen molar-refractivity contribution in [1.82, 2.24) is 5.48 Å². The lowest BCUT2D eigenvalue weighted by molar-refractivity contribution is -0.125. The molecule has 2 aromatic rings. The Balaban J connectivity index is 1.65. The Labute approximate surface area is 146 Å². The zero-order valence-electron chi connectivity index (χ0n) is 14.1. The second-order valence-electron chi connectivity index (χ2n) is 7.06. The topological polar surface area (TPSA) is 69.6 Å². The third-order valence-corrected chi connectivity index (χ3v) is 5.52. The number of anilines is 1. The van der Waals surface area contributed by atoms with Crippen LogP contribution in [0.15, 0.2) is 42.5 Å². The molecule has 25 heavy (non-hydrogen) atoms. The zero-order valence-corrected chi connectivity index (χ0v) is 14.1. The highest BCUT2D eigenvalue weighted by atomic mass is 16.5. The van der Waals surface area contributed by atoms with Crippen LogP contribution < -0.4 is 10.4 Å². The van der Waals surface area contributed by atoms with Crippen LogP contribution in [0.4, 0.5) is 5.69 Å². The van der Waals surface area contributed by atoms with Crippen LogP contribution in [0, 0.1) is 12.3 Å². The number of benzene rings is 2. The Morgan fingerprint density at radius 2 is 1.92 bits per heavy atom. The van der Waals surface area contributed by atoms with Crippen molar-refractivity contribution >= 4 is 17.5 Å². The molecule has 1 saturated heterocycles. The molecular weight excluding hydrogens is 316 g/mol. The van der Waals surface area contributed by atoms with Gasteiger partial charge in [-0.25, -0.2) is 5.48 Å². The summed E-state index contributed by atoms with van der Waals surface area (Å²) >= 11 is 0. The number of nitrogens with one attached hydrogen (secondary N) is 1. The SMILES string of the molecule is Cc1ccc(N2CCC3(Cc4cccc(C(=O)NO)c4C3)C2=O)cc1. The van der Waals surface area contributed by atoms with Crippen LogP contribution in [0.25, 0.3) is 0 Å². The maximum atomic E-state index is 13.2. The minimum Gasteiger partial charge on any atom is -0.312 e. The van der Waals surface area contributed by atoms with Crippen molar-refractivity contribution in [2.45, 2.75) is 26.2 Å². The number of fused-ring (bicyclic) bond motifs is 1. The molecule has 2 amide bonds. The summed E-state index contributed by atoms with van der Waals surface area (Å²) in [6.07, 6.45) is 1.97. The van der Waals surface area contributed by atoms with Gasteiger partial charge in [0, 0.05) is 17.8 Å². The lowest BCUT2D eigenvalue weighted by Gasteiger charge is -2.23. The molecule has 0 bridgehead atoms. The van der Waals surface area contributed by atoms with E-state index in [9.17, 15) is 9.59 Å². The van der Waals surface area contributed by atoms with E-state index in [0.29, 0.717) is 24.9 Å². The standard InChI is InChI=1S/C20H20N2O3/c1-13-5-7-15(8-6-13)22-10-9-20(19(22)24)11-14-3-2-4-16(17(14)12-20)18(23)21-25/h2-8,25H,9-12H2,1H3,(H,21,23). The Bertz CT molecular complexity index is 860. The monoisotopic (exact) mass is 336 g/mol. The highest BCUT2D eigenvalue weighted by Crippen LogP contribution is 2.46. The quantitative estimate of drug-likeness (QED) is 0.654. The third kappa shape index (κ3) is 2.43. The van der Waals surface area contributed by atoms with E-state index < -0.39 is 11.3 Å². The number of hydrogen-bond acceptors (Lipinski definition) is 3. The molecule has 1 heterocycles. The fourth-order valence-electron chi connectivity index (χ4n) is 4.17. The largest absolute Gasteiger partial charge is 0.312 e. The molecule has 2 N–H and O–H groups in total. The lowest BCUT2D eigenvalue weighted by Crippen LogP contribution is -2.35.